The average Bonchev–Trinajstić information content (AvgIpc) is 3.09. The fourth-order valence-corrected chi connectivity index (χ4v) is 4.77. The lowest BCUT2D eigenvalue weighted by atomic mass is 9.90. The highest BCUT2D eigenvalue weighted by atomic mass is 32.1. The van der Waals surface area contributed by atoms with E-state index in [4.69, 9.17) is 9.47 Å². The van der Waals surface area contributed by atoms with Gasteiger partial charge in [0, 0.05) is 12.3 Å². The highest BCUT2D eigenvalue weighted by molar-refractivity contribution is 7.10. The Morgan fingerprint density at radius 1 is 1.16 bits per heavy atom. The maximum Gasteiger partial charge on any atom is 0.325 e. The largest absolute Gasteiger partial charge is 0.497 e. The van der Waals surface area contributed by atoms with Crippen molar-refractivity contribution < 1.29 is 23.5 Å². The standard InChI is InChI=1S/C22H19FN2O5S/c1-29-16-5-3-4-13(10-16)17-11-18(26)25(15-8-6-14(23)7-9-15)21-20(17)31-22(28)24(21)12-19(27)30-2/h3-10,17H,11-12H2,1-2H3. The van der Waals surface area contributed by atoms with E-state index in [0.717, 1.165) is 16.9 Å². The Kier molecular flexibility index (Phi) is 5.60. The fourth-order valence-electron chi connectivity index (χ4n) is 3.67. The van der Waals surface area contributed by atoms with E-state index < -0.39 is 11.8 Å². The van der Waals surface area contributed by atoms with Crippen LogP contribution < -0.4 is 14.5 Å². The van der Waals surface area contributed by atoms with Crippen LogP contribution in [-0.4, -0.2) is 30.7 Å². The minimum Gasteiger partial charge on any atom is -0.497 e. The first-order valence-electron chi connectivity index (χ1n) is 9.45. The number of aromatic nitrogens is 1. The second kappa shape index (κ2) is 8.35. The number of fused-ring (bicyclic) bond motifs is 1. The number of amides is 1. The van der Waals surface area contributed by atoms with Crippen LogP contribution in [0.2, 0.25) is 0 Å². The number of carbonyl (C=O) groups excluding carboxylic acids is 2. The summed E-state index contributed by atoms with van der Waals surface area (Å²) in [6, 6.07) is 12.7. The van der Waals surface area contributed by atoms with E-state index in [-0.39, 0.29) is 29.7 Å². The second-order valence-electron chi connectivity index (χ2n) is 6.96. The lowest BCUT2D eigenvalue weighted by Gasteiger charge is -2.32. The van der Waals surface area contributed by atoms with Gasteiger partial charge in [0.2, 0.25) is 5.91 Å². The van der Waals surface area contributed by atoms with Crippen molar-refractivity contribution in [2.24, 2.45) is 0 Å². The summed E-state index contributed by atoms with van der Waals surface area (Å²) in [5.74, 6) is -0.781. The first kappa shape index (κ1) is 20.8. The zero-order valence-corrected chi connectivity index (χ0v) is 17.6. The van der Waals surface area contributed by atoms with Gasteiger partial charge in [-0.05, 0) is 42.0 Å². The molecule has 1 aliphatic rings. The minimum absolute atomic E-state index is 0.107. The Morgan fingerprint density at radius 3 is 2.58 bits per heavy atom. The van der Waals surface area contributed by atoms with Crippen LogP contribution in [0.3, 0.4) is 0 Å². The van der Waals surface area contributed by atoms with Crippen molar-refractivity contribution in [1.29, 1.82) is 0 Å². The van der Waals surface area contributed by atoms with Crippen molar-refractivity contribution in [2.75, 3.05) is 19.1 Å². The van der Waals surface area contributed by atoms with Crippen LogP contribution in [0.25, 0.3) is 0 Å². The zero-order chi connectivity index (χ0) is 22.1. The highest BCUT2D eigenvalue weighted by Gasteiger charge is 2.38. The smallest absolute Gasteiger partial charge is 0.325 e. The van der Waals surface area contributed by atoms with Gasteiger partial charge in [-0.1, -0.05) is 23.5 Å². The molecule has 2 aromatic carbocycles. The molecule has 0 N–H and O–H groups in total. The Balaban J connectivity index is 1.91. The van der Waals surface area contributed by atoms with Crippen molar-refractivity contribution in [3.63, 3.8) is 0 Å². The number of nitrogens with zero attached hydrogens (tertiary/aromatic N) is 2. The van der Waals surface area contributed by atoms with Gasteiger partial charge in [0.25, 0.3) is 0 Å². The number of methoxy groups -OCH3 is 2. The number of halogens is 1. The monoisotopic (exact) mass is 442 g/mol. The van der Waals surface area contributed by atoms with Crippen LogP contribution in [0.5, 0.6) is 5.75 Å². The molecule has 9 heteroatoms. The summed E-state index contributed by atoms with van der Waals surface area (Å²) in [5, 5.41) is 0. The Labute approximate surface area is 181 Å². The predicted molar refractivity (Wildman–Crippen MR) is 114 cm³/mol. The van der Waals surface area contributed by atoms with Crippen molar-refractivity contribution in [3.8, 4) is 5.75 Å². The van der Waals surface area contributed by atoms with Crippen LogP contribution in [-0.2, 0) is 20.9 Å². The molecule has 7 nitrogen and oxygen atoms in total. The number of rotatable bonds is 5. The predicted octanol–water partition coefficient (Wildman–Crippen LogP) is 3.43. The first-order chi connectivity index (χ1) is 14.9. The minimum atomic E-state index is -0.613. The third-order valence-electron chi connectivity index (χ3n) is 5.15. The third kappa shape index (κ3) is 3.84. The van der Waals surface area contributed by atoms with Crippen LogP contribution in [0.4, 0.5) is 15.9 Å². The molecular formula is C22H19FN2O5S. The van der Waals surface area contributed by atoms with Gasteiger partial charge in [0.05, 0.1) is 24.8 Å². The molecule has 0 bridgehead atoms. The normalized spacial score (nSPS) is 15.5. The van der Waals surface area contributed by atoms with Crippen LogP contribution in [0.15, 0.2) is 53.3 Å². The van der Waals surface area contributed by atoms with Crippen molar-refractivity contribution in [1.82, 2.24) is 4.57 Å². The quantitative estimate of drug-likeness (QED) is 0.566. The van der Waals surface area contributed by atoms with Gasteiger partial charge < -0.3 is 9.47 Å². The van der Waals surface area contributed by atoms with E-state index in [2.05, 4.69) is 0 Å². The Bertz CT molecular complexity index is 1200. The number of anilines is 2. The van der Waals surface area contributed by atoms with E-state index >= 15 is 0 Å². The lowest BCUT2D eigenvalue weighted by molar-refractivity contribution is -0.141. The van der Waals surface area contributed by atoms with Gasteiger partial charge in [-0.3, -0.25) is 23.9 Å². The van der Waals surface area contributed by atoms with Crippen molar-refractivity contribution in [3.05, 3.63) is 74.5 Å². The molecule has 1 aromatic heterocycles. The molecule has 160 valence electrons. The Hall–Kier alpha value is -3.46. The molecule has 2 heterocycles. The molecule has 0 fully saturated rings. The van der Waals surface area contributed by atoms with Crippen LogP contribution in [0, 0.1) is 5.82 Å². The summed E-state index contributed by atoms with van der Waals surface area (Å²) in [5.41, 5.74) is 1.23. The molecule has 31 heavy (non-hydrogen) atoms. The molecule has 3 aromatic rings. The van der Waals surface area contributed by atoms with E-state index in [9.17, 15) is 18.8 Å². The third-order valence-corrected chi connectivity index (χ3v) is 6.23. The van der Waals surface area contributed by atoms with Gasteiger partial charge >= 0.3 is 10.8 Å². The highest BCUT2D eigenvalue weighted by Crippen LogP contribution is 2.45. The molecule has 0 radical (unpaired) electrons. The van der Waals surface area contributed by atoms with Crippen molar-refractivity contribution >= 4 is 34.7 Å². The van der Waals surface area contributed by atoms with Gasteiger partial charge in [0.1, 0.15) is 23.9 Å². The maximum atomic E-state index is 13.5. The van der Waals surface area contributed by atoms with E-state index in [1.165, 1.54) is 40.8 Å². The van der Waals surface area contributed by atoms with Gasteiger partial charge in [-0.2, -0.15) is 0 Å². The van der Waals surface area contributed by atoms with E-state index in [0.29, 0.717) is 22.1 Å². The maximum absolute atomic E-state index is 13.5. The summed E-state index contributed by atoms with van der Waals surface area (Å²) < 4.78 is 24.7. The molecule has 0 saturated heterocycles. The average molecular weight is 442 g/mol. The molecule has 1 aliphatic heterocycles. The molecule has 0 spiro atoms. The summed E-state index contributed by atoms with van der Waals surface area (Å²) >= 11 is 0.980. The second-order valence-corrected chi connectivity index (χ2v) is 7.95. The summed E-state index contributed by atoms with van der Waals surface area (Å²) in [7, 11) is 2.78. The molecule has 0 saturated carbocycles. The molecule has 0 aliphatic carbocycles. The van der Waals surface area contributed by atoms with E-state index in [1.807, 2.05) is 18.2 Å². The lowest BCUT2D eigenvalue weighted by Crippen LogP contribution is -2.36. The molecular weight excluding hydrogens is 423 g/mol. The number of esters is 1. The number of hydrogen-bond donors (Lipinski definition) is 0. The molecule has 1 atom stereocenters. The number of thiazole rings is 1. The van der Waals surface area contributed by atoms with Gasteiger partial charge in [-0.15, -0.1) is 0 Å². The summed E-state index contributed by atoms with van der Waals surface area (Å²) in [6.45, 7) is -0.336. The summed E-state index contributed by atoms with van der Waals surface area (Å²) in [4.78, 5) is 39.7. The van der Waals surface area contributed by atoms with Crippen LogP contribution in [0.1, 0.15) is 22.8 Å². The SMILES string of the molecule is COC(=O)Cn1c2c(sc1=O)C(c1cccc(OC)c1)CC(=O)N2c1ccc(F)cc1. The molecule has 4 rings (SSSR count). The number of hydrogen-bond acceptors (Lipinski definition) is 6. The van der Waals surface area contributed by atoms with Crippen molar-refractivity contribution in [2.45, 2.75) is 18.9 Å². The Morgan fingerprint density at radius 2 is 1.90 bits per heavy atom. The number of carbonyl (C=O) groups is 2. The molecule has 1 unspecified atom stereocenters. The number of benzene rings is 2. The zero-order valence-electron chi connectivity index (χ0n) is 16.8. The topological polar surface area (TPSA) is 77.8 Å². The fraction of sp³-hybridized carbons (Fsp3) is 0.227. The summed E-state index contributed by atoms with van der Waals surface area (Å²) in [6.07, 6.45) is 0.107. The van der Waals surface area contributed by atoms with Gasteiger partial charge in [0.15, 0.2) is 0 Å². The first-order valence-corrected chi connectivity index (χ1v) is 10.3. The van der Waals surface area contributed by atoms with E-state index in [1.54, 1.807) is 13.2 Å². The van der Waals surface area contributed by atoms with Crippen LogP contribution >= 0.6 is 11.3 Å². The van der Waals surface area contributed by atoms with Gasteiger partial charge in [-0.25, -0.2) is 4.39 Å². The molecule has 1 amide bonds. The number of ether oxygens (including phenoxy) is 2.